The number of rotatable bonds is 3. The van der Waals surface area contributed by atoms with Crippen molar-refractivity contribution in [3.8, 4) is 0 Å². The van der Waals surface area contributed by atoms with E-state index < -0.39 is 9.84 Å². The van der Waals surface area contributed by atoms with Crippen molar-refractivity contribution in [1.82, 2.24) is 0 Å². The Morgan fingerprint density at radius 1 is 1.33 bits per heavy atom. The van der Waals surface area contributed by atoms with E-state index in [2.05, 4.69) is 4.90 Å². The van der Waals surface area contributed by atoms with Crippen LogP contribution in [0, 0.1) is 5.92 Å². The summed E-state index contributed by atoms with van der Waals surface area (Å²) in [4.78, 5) is 2.65. The van der Waals surface area contributed by atoms with Crippen molar-refractivity contribution >= 4 is 27.1 Å². The molecule has 1 aromatic carbocycles. The molecule has 0 aromatic heterocycles. The van der Waals surface area contributed by atoms with E-state index in [4.69, 9.17) is 11.6 Å². The van der Waals surface area contributed by atoms with Crippen LogP contribution in [0.15, 0.2) is 29.2 Å². The van der Waals surface area contributed by atoms with E-state index in [0.29, 0.717) is 16.7 Å². The Kier molecular flexibility index (Phi) is 4.17. The second-order valence-corrected chi connectivity index (χ2v) is 7.20. The van der Waals surface area contributed by atoms with Crippen molar-refractivity contribution in [2.75, 3.05) is 30.1 Å². The fourth-order valence-corrected chi connectivity index (χ4v) is 3.21. The molecule has 0 radical (unpaired) electrons. The van der Waals surface area contributed by atoms with Gasteiger partial charge in [0.1, 0.15) is 0 Å². The third-order valence-corrected chi connectivity index (χ3v) is 4.93. The summed E-state index contributed by atoms with van der Waals surface area (Å²) < 4.78 is 22.8. The number of sulfone groups is 1. The summed E-state index contributed by atoms with van der Waals surface area (Å²) in [5.41, 5.74) is 1.08. The molecule has 0 saturated carbocycles. The molecule has 3 nitrogen and oxygen atoms in total. The molecule has 1 atom stereocenters. The molecule has 0 bridgehead atoms. The molecule has 1 fully saturated rings. The third-order valence-electron chi connectivity index (χ3n) is 3.37. The van der Waals surface area contributed by atoms with Gasteiger partial charge in [0.25, 0.3) is 0 Å². The van der Waals surface area contributed by atoms with Crippen molar-refractivity contribution in [3.63, 3.8) is 0 Å². The first kappa shape index (κ1) is 13.7. The van der Waals surface area contributed by atoms with Crippen LogP contribution in [-0.4, -0.2) is 33.6 Å². The lowest BCUT2D eigenvalue weighted by molar-refractivity contribution is 0.451. The Labute approximate surface area is 114 Å². The molecular weight excluding hydrogens is 270 g/mol. The Balaban J connectivity index is 2.14. The number of anilines is 1. The van der Waals surface area contributed by atoms with Crippen LogP contribution in [0.2, 0.25) is 0 Å². The first-order valence-corrected chi connectivity index (χ1v) is 8.54. The minimum atomic E-state index is -3.11. The van der Waals surface area contributed by atoms with E-state index in [1.165, 1.54) is 12.7 Å². The molecule has 0 N–H and O–H groups in total. The van der Waals surface area contributed by atoms with Crippen LogP contribution in [0.4, 0.5) is 5.69 Å². The summed E-state index contributed by atoms with van der Waals surface area (Å²) in [6, 6.07) is 7.12. The van der Waals surface area contributed by atoms with Gasteiger partial charge in [0, 0.05) is 30.9 Å². The zero-order valence-corrected chi connectivity index (χ0v) is 12.0. The van der Waals surface area contributed by atoms with Gasteiger partial charge in [-0.1, -0.05) is 0 Å². The highest BCUT2D eigenvalue weighted by atomic mass is 35.5. The van der Waals surface area contributed by atoms with Crippen molar-refractivity contribution in [2.45, 2.75) is 17.7 Å². The lowest BCUT2D eigenvalue weighted by atomic mass is 9.99. The van der Waals surface area contributed by atoms with E-state index in [0.717, 1.165) is 25.2 Å². The van der Waals surface area contributed by atoms with Crippen LogP contribution in [0.5, 0.6) is 0 Å². The van der Waals surface area contributed by atoms with Crippen molar-refractivity contribution in [2.24, 2.45) is 5.92 Å². The van der Waals surface area contributed by atoms with Crippen LogP contribution in [-0.2, 0) is 9.84 Å². The Morgan fingerprint density at radius 3 is 2.56 bits per heavy atom. The predicted octanol–water partition coefficient (Wildman–Crippen LogP) is 2.55. The highest BCUT2D eigenvalue weighted by Crippen LogP contribution is 2.24. The highest BCUT2D eigenvalue weighted by Gasteiger charge is 2.19. The molecular formula is C13H18ClNO2S. The summed E-state index contributed by atoms with van der Waals surface area (Å²) in [6.45, 7) is 1.98. The second-order valence-electron chi connectivity index (χ2n) is 4.87. The molecule has 1 unspecified atom stereocenters. The van der Waals surface area contributed by atoms with Crippen LogP contribution >= 0.6 is 11.6 Å². The molecule has 18 heavy (non-hydrogen) atoms. The minimum absolute atomic E-state index is 0.372. The van der Waals surface area contributed by atoms with E-state index in [1.54, 1.807) is 12.1 Å². The van der Waals surface area contributed by atoms with Crippen LogP contribution in [0.25, 0.3) is 0 Å². The lowest BCUT2D eigenvalue weighted by Gasteiger charge is -2.33. The molecule has 2 rings (SSSR count). The maximum atomic E-state index is 11.4. The number of benzene rings is 1. The van der Waals surface area contributed by atoms with Crippen LogP contribution in [0.3, 0.4) is 0 Å². The van der Waals surface area contributed by atoms with E-state index in [9.17, 15) is 8.42 Å². The van der Waals surface area contributed by atoms with Gasteiger partial charge in [-0.15, -0.1) is 11.6 Å². The first-order valence-electron chi connectivity index (χ1n) is 6.12. The van der Waals surface area contributed by atoms with Gasteiger partial charge in [0.15, 0.2) is 9.84 Å². The number of hydrogen-bond acceptors (Lipinski definition) is 3. The number of halogens is 1. The Morgan fingerprint density at radius 2 is 2.00 bits per heavy atom. The maximum Gasteiger partial charge on any atom is 0.175 e. The lowest BCUT2D eigenvalue weighted by Crippen LogP contribution is -2.36. The predicted molar refractivity (Wildman–Crippen MR) is 75.2 cm³/mol. The molecule has 1 aliphatic heterocycles. The first-order chi connectivity index (χ1) is 8.50. The largest absolute Gasteiger partial charge is 0.371 e. The summed E-state index contributed by atoms with van der Waals surface area (Å²) in [5, 5.41) is 0. The van der Waals surface area contributed by atoms with Gasteiger partial charge >= 0.3 is 0 Å². The maximum absolute atomic E-state index is 11.4. The molecule has 5 heteroatoms. The van der Waals surface area contributed by atoms with Crippen molar-refractivity contribution < 1.29 is 8.42 Å². The smallest absolute Gasteiger partial charge is 0.175 e. The molecule has 1 saturated heterocycles. The molecule has 0 amide bonds. The monoisotopic (exact) mass is 287 g/mol. The molecule has 0 spiro atoms. The quantitative estimate of drug-likeness (QED) is 0.802. The molecule has 1 heterocycles. The fraction of sp³-hybridized carbons (Fsp3) is 0.538. The van der Waals surface area contributed by atoms with E-state index in [1.807, 2.05) is 12.1 Å². The summed E-state index contributed by atoms with van der Waals surface area (Å²) in [7, 11) is -3.11. The summed E-state index contributed by atoms with van der Waals surface area (Å²) in [6.07, 6.45) is 3.55. The zero-order valence-electron chi connectivity index (χ0n) is 10.5. The van der Waals surface area contributed by atoms with Gasteiger partial charge in [-0.3, -0.25) is 0 Å². The zero-order chi connectivity index (χ0) is 13.2. The van der Waals surface area contributed by atoms with E-state index in [-0.39, 0.29) is 0 Å². The van der Waals surface area contributed by atoms with Gasteiger partial charge in [0.05, 0.1) is 4.90 Å². The SMILES string of the molecule is CS(=O)(=O)c1ccc(N2CCCC(CCl)C2)cc1. The van der Waals surface area contributed by atoms with E-state index >= 15 is 0 Å². The average Bonchev–Trinajstić information content (AvgIpc) is 2.38. The minimum Gasteiger partial charge on any atom is -0.371 e. The Hall–Kier alpha value is -0.740. The Bertz CT molecular complexity index is 498. The van der Waals surface area contributed by atoms with Crippen molar-refractivity contribution in [1.29, 1.82) is 0 Å². The summed E-state index contributed by atoms with van der Waals surface area (Å²) >= 11 is 5.91. The normalized spacial score (nSPS) is 21.0. The van der Waals surface area contributed by atoms with Gasteiger partial charge < -0.3 is 4.90 Å². The number of nitrogens with zero attached hydrogens (tertiary/aromatic N) is 1. The van der Waals surface area contributed by atoms with Gasteiger partial charge in [0.2, 0.25) is 0 Å². The number of piperidine rings is 1. The summed E-state index contributed by atoms with van der Waals surface area (Å²) in [5.74, 6) is 1.23. The molecule has 0 aliphatic carbocycles. The highest BCUT2D eigenvalue weighted by molar-refractivity contribution is 7.90. The average molecular weight is 288 g/mol. The molecule has 1 aromatic rings. The van der Waals surface area contributed by atoms with Gasteiger partial charge in [-0.2, -0.15) is 0 Å². The van der Waals surface area contributed by atoms with Crippen molar-refractivity contribution in [3.05, 3.63) is 24.3 Å². The fourth-order valence-electron chi connectivity index (χ4n) is 2.33. The van der Waals surface area contributed by atoms with Crippen LogP contribution in [0.1, 0.15) is 12.8 Å². The second kappa shape index (κ2) is 5.49. The molecule has 1 aliphatic rings. The van der Waals surface area contributed by atoms with Gasteiger partial charge in [-0.25, -0.2) is 8.42 Å². The van der Waals surface area contributed by atoms with Gasteiger partial charge in [-0.05, 0) is 43.0 Å². The van der Waals surface area contributed by atoms with Crippen LogP contribution < -0.4 is 4.90 Å². The third kappa shape index (κ3) is 3.18. The topological polar surface area (TPSA) is 37.4 Å². The number of alkyl halides is 1. The standard InChI is InChI=1S/C13H18ClNO2S/c1-18(16,17)13-6-4-12(5-7-13)15-8-2-3-11(9-14)10-15/h4-7,11H,2-3,8-10H2,1H3. The molecule has 100 valence electrons. The number of hydrogen-bond donors (Lipinski definition) is 0.